The SMILES string of the molecule is O=C([C@@H]1CCCN(c2nc3ncccc3n3cccc23)C1)N1CCCC1. The molecule has 0 aliphatic carbocycles. The summed E-state index contributed by atoms with van der Waals surface area (Å²) < 4.78 is 2.15. The van der Waals surface area contributed by atoms with Crippen LogP contribution in [0.15, 0.2) is 36.7 Å². The van der Waals surface area contributed by atoms with E-state index in [4.69, 9.17) is 4.98 Å². The lowest BCUT2D eigenvalue weighted by Crippen LogP contribution is -2.44. The van der Waals surface area contributed by atoms with E-state index in [9.17, 15) is 4.79 Å². The van der Waals surface area contributed by atoms with Crippen molar-refractivity contribution in [2.24, 2.45) is 5.92 Å². The van der Waals surface area contributed by atoms with E-state index < -0.39 is 0 Å². The number of carbonyl (C=O) groups excluding carboxylic acids is 1. The largest absolute Gasteiger partial charge is 0.354 e. The van der Waals surface area contributed by atoms with Crippen molar-refractivity contribution in [3.8, 4) is 0 Å². The second-order valence-corrected chi connectivity index (χ2v) is 7.36. The molecule has 3 aromatic heterocycles. The number of pyridine rings is 1. The third-order valence-electron chi connectivity index (χ3n) is 5.70. The Labute approximate surface area is 152 Å². The van der Waals surface area contributed by atoms with Crippen molar-refractivity contribution < 1.29 is 4.79 Å². The monoisotopic (exact) mass is 349 g/mol. The summed E-state index contributed by atoms with van der Waals surface area (Å²) in [5.41, 5.74) is 2.84. The zero-order valence-corrected chi connectivity index (χ0v) is 14.8. The van der Waals surface area contributed by atoms with Crippen molar-refractivity contribution in [2.45, 2.75) is 25.7 Å². The normalized spacial score (nSPS) is 21.0. The van der Waals surface area contributed by atoms with Gasteiger partial charge in [0.1, 0.15) is 0 Å². The van der Waals surface area contributed by atoms with Crippen LogP contribution >= 0.6 is 0 Å². The summed E-state index contributed by atoms with van der Waals surface area (Å²) in [6, 6.07) is 8.13. The molecule has 1 amide bonds. The molecule has 0 bridgehead atoms. The molecule has 134 valence electrons. The van der Waals surface area contributed by atoms with Crippen molar-refractivity contribution in [1.82, 2.24) is 19.3 Å². The van der Waals surface area contributed by atoms with Gasteiger partial charge in [0.05, 0.1) is 17.0 Å². The molecule has 6 nitrogen and oxygen atoms in total. The van der Waals surface area contributed by atoms with Crippen LogP contribution in [0.2, 0.25) is 0 Å². The van der Waals surface area contributed by atoms with E-state index in [0.717, 1.165) is 74.4 Å². The Kier molecular flexibility index (Phi) is 3.76. The molecule has 0 unspecified atom stereocenters. The maximum Gasteiger partial charge on any atom is 0.227 e. The predicted molar refractivity (Wildman–Crippen MR) is 101 cm³/mol. The molecule has 5 rings (SSSR count). The van der Waals surface area contributed by atoms with Gasteiger partial charge in [-0.2, -0.15) is 0 Å². The van der Waals surface area contributed by atoms with Gasteiger partial charge in [-0.15, -0.1) is 0 Å². The fourth-order valence-electron chi connectivity index (χ4n) is 4.39. The molecule has 2 fully saturated rings. The van der Waals surface area contributed by atoms with Gasteiger partial charge < -0.3 is 14.2 Å². The van der Waals surface area contributed by atoms with E-state index in [0.29, 0.717) is 5.91 Å². The van der Waals surface area contributed by atoms with E-state index in [1.54, 1.807) is 6.20 Å². The lowest BCUT2D eigenvalue weighted by atomic mass is 9.96. The molecule has 2 saturated heterocycles. The van der Waals surface area contributed by atoms with Crippen molar-refractivity contribution in [2.75, 3.05) is 31.1 Å². The number of fused-ring (bicyclic) bond motifs is 3. The Morgan fingerprint density at radius 3 is 2.77 bits per heavy atom. The van der Waals surface area contributed by atoms with E-state index in [2.05, 4.69) is 31.4 Å². The number of aromatic nitrogens is 3. The second-order valence-electron chi connectivity index (χ2n) is 7.36. The van der Waals surface area contributed by atoms with E-state index in [1.807, 2.05) is 18.2 Å². The topological polar surface area (TPSA) is 53.7 Å². The van der Waals surface area contributed by atoms with Gasteiger partial charge in [0.25, 0.3) is 0 Å². The zero-order chi connectivity index (χ0) is 17.5. The smallest absolute Gasteiger partial charge is 0.227 e. The third kappa shape index (κ3) is 2.52. The lowest BCUT2D eigenvalue weighted by molar-refractivity contribution is -0.134. The van der Waals surface area contributed by atoms with Crippen LogP contribution in [0, 0.1) is 5.92 Å². The van der Waals surface area contributed by atoms with Crippen LogP contribution in [0.25, 0.3) is 16.7 Å². The van der Waals surface area contributed by atoms with Gasteiger partial charge in [0, 0.05) is 38.6 Å². The molecule has 0 N–H and O–H groups in total. The molecular formula is C20H23N5O. The number of hydrogen-bond donors (Lipinski definition) is 0. The molecule has 0 radical (unpaired) electrons. The molecule has 1 atom stereocenters. The first-order chi connectivity index (χ1) is 12.8. The van der Waals surface area contributed by atoms with Crippen LogP contribution in [0.1, 0.15) is 25.7 Å². The van der Waals surface area contributed by atoms with Gasteiger partial charge in [-0.1, -0.05) is 0 Å². The highest BCUT2D eigenvalue weighted by Crippen LogP contribution is 2.29. The highest BCUT2D eigenvalue weighted by molar-refractivity contribution is 5.84. The lowest BCUT2D eigenvalue weighted by Gasteiger charge is -2.35. The quantitative estimate of drug-likeness (QED) is 0.714. The van der Waals surface area contributed by atoms with Gasteiger partial charge in [-0.25, -0.2) is 9.97 Å². The van der Waals surface area contributed by atoms with Gasteiger partial charge in [0.2, 0.25) is 5.91 Å². The number of anilines is 1. The summed E-state index contributed by atoms with van der Waals surface area (Å²) in [6.45, 7) is 3.55. The standard InChI is InChI=1S/C20H23N5O/c26-20(23-10-1-2-11-23)15-6-4-12-24(14-15)19-17-8-5-13-25(17)16-7-3-9-21-18(16)22-19/h3,5,7-9,13,15H,1-2,4,6,10-12,14H2/t15-/m1/s1. The number of nitrogens with zero attached hydrogens (tertiary/aromatic N) is 5. The number of carbonyl (C=O) groups is 1. The average molecular weight is 349 g/mol. The third-order valence-corrected chi connectivity index (χ3v) is 5.70. The average Bonchev–Trinajstić information content (AvgIpc) is 3.39. The number of likely N-dealkylation sites (tertiary alicyclic amines) is 1. The maximum atomic E-state index is 12.9. The molecule has 6 heteroatoms. The van der Waals surface area contributed by atoms with Crippen molar-refractivity contribution in [1.29, 1.82) is 0 Å². The summed E-state index contributed by atoms with van der Waals surface area (Å²) in [5.74, 6) is 1.36. The Morgan fingerprint density at radius 1 is 1.04 bits per heavy atom. The Morgan fingerprint density at radius 2 is 1.88 bits per heavy atom. The van der Waals surface area contributed by atoms with Gasteiger partial charge >= 0.3 is 0 Å². The summed E-state index contributed by atoms with van der Waals surface area (Å²) >= 11 is 0. The molecule has 0 saturated carbocycles. The first-order valence-electron chi connectivity index (χ1n) is 9.57. The van der Waals surface area contributed by atoms with Crippen molar-refractivity contribution >= 4 is 28.4 Å². The zero-order valence-electron chi connectivity index (χ0n) is 14.8. The van der Waals surface area contributed by atoms with Crippen molar-refractivity contribution in [3.05, 3.63) is 36.7 Å². The Balaban J connectivity index is 1.50. The van der Waals surface area contributed by atoms with Gasteiger partial charge in [-0.05, 0) is 49.9 Å². The molecule has 2 aliphatic rings. The van der Waals surface area contributed by atoms with Crippen LogP contribution < -0.4 is 4.90 Å². The van der Waals surface area contributed by atoms with E-state index >= 15 is 0 Å². The first-order valence-corrected chi connectivity index (χ1v) is 9.57. The fraction of sp³-hybridized carbons (Fsp3) is 0.450. The molecule has 26 heavy (non-hydrogen) atoms. The van der Waals surface area contributed by atoms with Crippen LogP contribution in [0.4, 0.5) is 5.82 Å². The number of amides is 1. The van der Waals surface area contributed by atoms with Gasteiger partial charge in [-0.3, -0.25) is 4.79 Å². The van der Waals surface area contributed by atoms with Gasteiger partial charge in [0.15, 0.2) is 11.5 Å². The van der Waals surface area contributed by atoms with Crippen LogP contribution in [0.5, 0.6) is 0 Å². The minimum absolute atomic E-state index is 0.0816. The Hall–Kier alpha value is -2.63. The highest BCUT2D eigenvalue weighted by atomic mass is 16.2. The minimum Gasteiger partial charge on any atom is -0.354 e. The molecule has 2 aliphatic heterocycles. The molecule has 0 aromatic carbocycles. The molecule has 3 aromatic rings. The molecule has 0 spiro atoms. The van der Waals surface area contributed by atoms with Crippen LogP contribution in [-0.2, 0) is 4.79 Å². The predicted octanol–water partition coefficient (Wildman–Crippen LogP) is 2.72. The van der Waals surface area contributed by atoms with Crippen LogP contribution in [0.3, 0.4) is 0 Å². The summed E-state index contributed by atoms with van der Waals surface area (Å²) in [7, 11) is 0. The number of piperidine rings is 1. The minimum atomic E-state index is 0.0816. The summed E-state index contributed by atoms with van der Waals surface area (Å²) in [5, 5.41) is 0. The van der Waals surface area contributed by atoms with Crippen LogP contribution in [-0.4, -0.2) is 51.4 Å². The summed E-state index contributed by atoms with van der Waals surface area (Å²) in [4.78, 5) is 26.5. The number of rotatable bonds is 2. The van der Waals surface area contributed by atoms with E-state index in [1.165, 1.54) is 0 Å². The number of hydrogen-bond acceptors (Lipinski definition) is 4. The first kappa shape index (κ1) is 15.6. The van der Waals surface area contributed by atoms with Crippen molar-refractivity contribution in [3.63, 3.8) is 0 Å². The maximum absolute atomic E-state index is 12.9. The molecular weight excluding hydrogens is 326 g/mol. The molecule has 5 heterocycles. The highest BCUT2D eigenvalue weighted by Gasteiger charge is 2.31. The second kappa shape index (κ2) is 6.27. The summed E-state index contributed by atoms with van der Waals surface area (Å²) in [6.07, 6.45) is 8.13. The Bertz CT molecular complexity index is 959. The fourth-order valence-corrected chi connectivity index (χ4v) is 4.39. The van der Waals surface area contributed by atoms with E-state index in [-0.39, 0.29) is 5.92 Å².